The van der Waals surface area contributed by atoms with E-state index in [1.54, 1.807) is 0 Å². The third-order valence-electron chi connectivity index (χ3n) is 12.8. The first-order valence-corrected chi connectivity index (χ1v) is 21.7. The minimum absolute atomic E-state index is 0. The Morgan fingerprint density at radius 2 is 1.24 bits per heavy atom. The predicted molar refractivity (Wildman–Crippen MR) is 255 cm³/mol. The summed E-state index contributed by atoms with van der Waals surface area (Å²) >= 11 is 0. The van der Waals surface area contributed by atoms with E-state index < -0.39 is 0 Å². The molecule has 318 valence electrons. The van der Waals surface area contributed by atoms with Crippen LogP contribution in [0.3, 0.4) is 0 Å². The average molecular weight is 995 g/mol. The van der Waals surface area contributed by atoms with Crippen molar-refractivity contribution in [2.45, 2.75) is 91.4 Å². The summed E-state index contributed by atoms with van der Waals surface area (Å²) in [6.07, 6.45) is 4.05. The van der Waals surface area contributed by atoms with E-state index in [0.29, 0.717) is 11.5 Å². The van der Waals surface area contributed by atoms with Gasteiger partial charge in [-0.2, -0.15) is 6.07 Å². The van der Waals surface area contributed by atoms with Gasteiger partial charge in [0.15, 0.2) is 0 Å². The van der Waals surface area contributed by atoms with Gasteiger partial charge in [-0.3, -0.25) is 0 Å². The standard InChI is InChI=1S/C56H55N4O.Pt/c1-10-56(9,11-2)40-27-28-57-53(34-40)60-49-22-16-15-21-47(49)48-26-25-45(36-52(48)60)61-46-33-42(55(6,7)8)32-44(35-46)59-37-58(50-23-17-18-24-51(50)59)43-30-39(38-19-13-12-14-20-38)29-41(31-43)54(3,4)5;/h12-34,37H,10-11H2,1-9H3;/q-3;. The minimum Gasteiger partial charge on any atom is -0.509 e. The average Bonchev–Trinajstić information content (AvgIpc) is 3.82. The van der Waals surface area contributed by atoms with Crippen LogP contribution >= 0.6 is 0 Å². The van der Waals surface area contributed by atoms with Crippen molar-refractivity contribution in [2.24, 2.45) is 0 Å². The molecule has 0 unspecified atom stereocenters. The Morgan fingerprint density at radius 1 is 0.581 bits per heavy atom. The van der Waals surface area contributed by atoms with E-state index in [1.165, 1.54) is 22.3 Å². The first-order valence-electron chi connectivity index (χ1n) is 21.7. The summed E-state index contributed by atoms with van der Waals surface area (Å²) in [4.78, 5) is 9.49. The molecule has 0 N–H and O–H groups in total. The van der Waals surface area contributed by atoms with E-state index in [4.69, 9.17) is 9.72 Å². The van der Waals surface area contributed by atoms with Crippen LogP contribution in [0, 0.1) is 18.8 Å². The quantitative estimate of drug-likeness (QED) is 0.135. The Labute approximate surface area is 382 Å². The Balaban J connectivity index is 0.00000529. The summed E-state index contributed by atoms with van der Waals surface area (Å²) in [5.41, 5.74) is 12.2. The summed E-state index contributed by atoms with van der Waals surface area (Å²) in [5.74, 6) is 2.13. The molecule has 6 aromatic carbocycles. The van der Waals surface area contributed by atoms with Crippen molar-refractivity contribution < 1.29 is 25.8 Å². The van der Waals surface area contributed by atoms with Gasteiger partial charge in [0.25, 0.3) is 0 Å². The van der Waals surface area contributed by atoms with Crippen LogP contribution in [-0.2, 0) is 37.3 Å². The van der Waals surface area contributed by atoms with E-state index in [1.807, 2.05) is 12.3 Å². The van der Waals surface area contributed by atoms with Crippen LogP contribution in [-0.4, -0.2) is 9.55 Å². The fraction of sp³-hybridized carbons (Fsp3) is 0.250. The summed E-state index contributed by atoms with van der Waals surface area (Å²) in [7, 11) is 0. The number of fused-ring (bicyclic) bond motifs is 4. The summed E-state index contributed by atoms with van der Waals surface area (Å²) < 4.78 is 9.07. The normalized spacial score (nSPS) is 13.1. The van der Waals surface area contributed by atoms with Gasteiger partial charge < -0.3 is 19.1 Å². The molecule has 5 nitrogen and oxygen atoms in total. The number of nitrogens with zero attached hydrogens (tertiary/aromatic N) is 4. The van der Waals surface area contributed by atoms with E-state index in [2.05, 4.69) is 223 Å². The molecule has 62 heavy (non-hydrogen) atoms. The summed E-state index contributed by atoms with van der Waals surface area (Å²) in [6, 6.07) is 55.1. The van der Waals surface area contributed by atoms with Crippen molar-refractivity contribution >= 4 is 44.6 Å². The van der Waals surface area contributed by atoms with Crippen molar-refractivity contribution in [3.05, 3.63) is 175 Å². The van der Waals surface area contributed by atoms with Crippen LogP contribution < -0.4 is 14.5 Å². The monoisotopic (exact) mass is 994 g/mol. The topological polar surface area (TPSA) is 33.5 Å². The van der Waals surface area contributed by atoms with Gasteiger partial charge in [-0.15, -0.1) is 53.6 Å². The largest absolute Gasteiger partial charge is 0.509 e. The predicted octanol–water partition coefficient (Wildman–Crippen LogP) is 15.3. The zero-order valence-electron chi connectivity index (χ0n) is 37.3. The number of para-hydroxylation sites is 3. The molecule has 0 bridgehead atoms. The number of rotatable bonds is 9. The van der Waals surface area contributed by atoms with Gasteiger partial charge in [0.05, 0.1) is 0 Å². The first kappa shape index (κ1) is 43.0. The van der Waals surface area contributed by atoms with E-state index >= 15 is 0 Å². The Bertz CT molecular complexity index is 2900. The Morgan fingerprint density at radius 3 is 1.95 bits per heavy atom. The summed E-state index contributed by atoms with van der Waals surface area (Å²) in [6.45, 7) is 22.6. The molecule has 3 heterocycles. The second kappa shape index (κ2) is 16.6. The van der Waals surface area contributed by atoms with Gasteiger partial charge >= 0.3 is 0 Å². The number of pyridine rings is 1. The molecular formula is C56H55N4OPt-3. The molecule has 0 saturated heterocycles. The SMILES string of the molecule is CCC(C)(CC)c1ccnc(-n2c3[c-]c(Oc4[c-]c(N5[CH-]N(c6cc(-c7ccccc7)cc(C(C)(C)C)c6)c6ccccc65)cc(C(C)(C)C)c4)ccc3c3ccccc32)c1.[Pt]. The number of anilines is 4. The minimum atomic E-state index is -0.158. The van der Waals surface area contributed by atoms with Crippen LogP contribution in [0.25, 0.3) is 38.8 Å². The van der Waals surface area contributed by atoms with Gasteiger partial charge in [0.2, 0.25) is 0 Å². The molecule has 0 spiro atoms. The smallest absolute Gasteiger partial charge is 0.135 e. The number of hydrogen-bond donors (Lipinski definition) is 0. The molecule has 2 aromatic heterocycles. The van der Waals surface area contributed by atoms with E-state index in [-0.39, 0.29) is 37.3 Å². The maximum atomic E-state index is 6.84. The molecule has 1 aliphatic heterocycles. The number of benzene rings is 6. The molecule has 8 aromatic rings. The fourth-order valence-corrected chi connectivity index (χ4v) is 8.50. The molecule has 9 rings (SSSR count). The Hall–Kier alpha value is -5.64. The van der Waals surface area contributed by atoms with Gasteiger partial charge in [0, 0.05) is 61.3 Å². The van der Waals surface area contributed by atoms with Crippen molar-refractivity contribution in [2.75, 3.05) is 9.80 Å². The van der Waals surface area contributed by atoms with Gasteiger partial charge in [-0.25, -0.2) is 4.98 Å². The molecular weight excluding hydrogens is 940 g/mol. The number of ether oxygens (including phenoxy) is 1. The maximum absolute atomic E-state index is 6.84. The van der Waals surface area contributed by atoms with E-state index in [9.17, 15) is 0 Å². The zero-order valence-corrected chi connectivity index (χ0v) is 39.6. The summed E-state index contributed by atoms with van der Waals surface area (Å²) in [5, 5.41) is 2.26. The van der Waals surface area contributed by atoms with Crippen LogP contribution in [0.5, 0.6) is 11.5 Å². The molecule has 1 aliphatic rings. The van der Waals surface area contributed by atoms with Crippen molar-refractivity contribution in [3.63, 3.8) is 0 Å². The van der Waals surface area contributed by atoms with Gasteiger partial charge in [-0.05, 0) is 99.2 Å². The molecule has 0 saturated carbocycles. The van der Waals surface area contributed by atoms with Gasteiger partial charge in [0.1, 0.15) is 5.82 Å². The molecule has 0 amide bonds. The van der Waals surface area contributed by atoms with Crippen LogP contribution in [0.4, 0.5) is 22.7 Å². The second-order valence-corrected chi connectivity index (χ2v) is 18.8. The van der Waals surface area contributed by atoms with Crippen molar-refractivity contribution in [3.8, 4) is 28.4 Å². The van der Waals surface area contributed by atoms with Crippen molar-refractivity contribution in [1.82, 2.24) is 9.55 Å². The fourth-order valence-electron chi connectivity index (χ4n) is 8.50. The maximum Gasteiger partial charge on any atom is 0.135 e. The number of hydrogen-bond acceptors (Lipinski definition) is 4. The van der Waals surface area contributed by atoms with Crippen molar-refractivity contribution in [1.29, 1.82) is 0 Å². The third-order valence-corrected chi connectivity index (χ3v) is 12.8. The molecule has 6 heteroatoms. The van der Waals surface area contributed by atoms with Gasteiger partial charge in [-0.1, -0.05) is 135 Å². The second-order valence-electron chi connectivity index (χ2n) is 18.8. The van der Waals surface area contributed by atoms with Crippen LogP contribution in [0.1, 0.15) is 91.8 Å². The third kappa shape index (κ3) is 7.97. The van der Waals surface area contributed by atoms with Crippen LogP contribution in [0.15, 0.2) is 140 Å². The molecule has 0 atom stereocenters. The molecule has 0 fully saturated rings. The number of aromatic nitrogens is 2. The molecule has 0 aliphatic carbocycles. The Kier molecular flexibility index (Phi) is 11.5. The van der Waals surface area contributed by atoms with E-state index in [0.717, 1.165) is 68.8 Å². The van der Waals surface area contributed by atoms with Crippen LogP contribution in [0.2, 0.25) is 0 Å². The zero-order chi connectivity index (χ0) is 42.7. The molecule has 0 radical (unpaired) electrons. The first-order chi connectivity index (χ1) is 29.2.